The third kappa shape index (κ3) is 2.86. The van der Waals surface area contributed by atoms with Crippen LogP contribution in [0.3, 0.4) is 0 Å². The molecule has 3 aromatic heterocycles. The Balaban J connectivity index is 1.46. The highest BCUT2D eigenvalue weighted by atomic mass is 16.4. The number of carboxylic acid groups (broad SMARTS) is 1. The van der Waals surface area contributed by atoms with Gasteiger partial charge in [0.15, 0.2) is 0 Å². The van der Waals surface area contributed by atoms with Crippen molar-refractivity contribution in [3.63, 3.8) is 0 Å². The van der Waals surface area contributed by atoms with Crippen LogP contribution in [0.1, 0.15) is 40.2 Å². The summed E-state index contributed by atoms with van der Waals surface area (Å²) < 4.78 is 2.85. The fraction of sp³-hybridized carbons (Fsp3) is 0.211. The van der Waals surface area contributed by atoms with Gasteiger partial charge in [0.1, 0.15) is 11.0 Å². The van der Waals surface area contributed by atoms with E-state index in [4.69, 9.17) is 5.11 Å². The van der Waals surface area contributed by atoms with Gasteiger partial charge in [-0.15, -0.1) is 0 Å². The molecule has 0 saturated heterocycles. The first-order chi connectivity index (χ1) is 13.6. The number of carboxylic acids is 1. The van der Waals surface area contributed by atoms with Gasteiger partial charge in [0, 0.05) is 6.20 Å². The fourth-order valence-electron chi connectivity index (χ4n) is 3.22. The van der Waals surface area contributed by atoms with Gasteiger partial charge >= 0.3 is 5.97 Å². The lowest BCUT2D eigenvalue weighted by molar-refractivity contribution is 0.0697. The van der Waals surface area contributed by atoms with Crippen LogP contribution in [0.5, 0.6) is 5.88 Å². The van der Waals surface area contributed by atoms with Crippen molar-refractivity contribution in [3.8, 4) is 11.8 Å². The molecule has 1 fully saturated rings. The number of benzene rings is 1. The molecule has 0 amide bonds. The molecule has 0 atom stereocenters. The van der Waals surface area contributed by atoms with Crippen molar-refractivity contribution in [3.05, 3.63) is 59.5 Å². The summed E-state index contributed by atoms with van der Waals surface area (Å²) in [5.74, 6) is -0.554. The minimum Gasteiger partial charge on any atom is -0.492 e. The third-order valence-corrected chi connectivity index (χ3v) is 4.85. The van der Waals surface area contributed by atoms with Gasteiger partial charge < -0.3 is 10.2 Å². The zero-order valence-corrected chi connectivity index (χ0v) is 14.7. The standard InChI is InChI=1S/C19H16N6O3/c26-17-16-15(22-19(23-17)25-10-14(7-20-25)18(27)28)8-21-24(16)9-11-1-3-12(4-2-11)13-5-6-13/h1-4,7-8,10,13H,5-6,9H2,(H,27,28)(H,22,23,26). The average Bonchev–Trinajstić information content (AvgIpc) is 3.26. The molecule has 1 saturated carbocycles. The van der Waals surface area contributed by atoms with Gasteiger partial charge in [-0.2, -0.15) is 15.2 Å². The van der Waals surface area contributed by atoms with E-state index in [-0.39, 0.29) is 17.4 Å². The van der Waals surface area contributed by atoms with Crippen molar-refractivity contribution in [2.45, 2.75) is 25.3 Å². The lowest BCUT2D eigenvalue weighted by atomic mass is 10.1. The van der Waals surface area contributed by atoms with Crippen LogP contribution < -0.4 is 0 Å². The molecule has 9 heteroatoms. The Kier molecular flexibility index (Phi) is 3.61. The summed E-state index contributed by atoms with van der Waals surface area (Å²) in [7, 11) is 0. The second-order valence-electron chi connectivity index (χ2n) is 6.88. The second-order valence-corrected chi connectivity index (χ2v) is 6.88. The predicted octanol–water partition coefficient (Wildman–Crippen LogP) is 2.34. The van der Waals surface area contributed by atoms with E-state index in [0.29, 0.717) is 23.5 Å². The number of aromatic carboxylic acids is 1. The number of nitrogens with zero attached hydrogens (tertiary/aromatic N) is 6. The molecule has 3 heterocycles. The van der Waals surface area contributed by atoms with E-state index in [9.17, 15) is 9.90 Å². The number of hydrogen-bond donors (Lipinski definition) is 2. The topological polar surface area (TPSA) is 119 Å². The van der Waals surface area contributed by atoms with Crippen molar-refractivity contribution in [1.82, 2.24) is 29.5 Å². The molecule has 1 aliphatic carbocycles. The number of rotatable bonds is 5. The maximum absolute atomic E-state index is 11.0. The largest absolute Gasteiger partial charge is 0.492 e. The van der Waals surface area contributed by atoms with Crippen molar-refractivity contribution in [2.75, 3.05) is 0 Å². The van der Waals surface area contributed by atoms with Crippen LogP contribution >= 0.6 is 0 Å². The van der Waals surface area contributed by atoms with Crippen LogP contribution in [0.15, 0.2) is 42.9 Å². The maximum atomic E-state index is 11.0. The molecule has 0 bridgehead atoms. The van der Waals surface area contributed by atoms with Gasteiger partial charge in [-0.25, -0.2) is 14.5 Å². The van der Waals surface area contributed by atoms with Crippen molar-refractivity contribution in [2.24, 2.45) is 0 Å². The Morgan fingerprint density at radius 1 is 1.11 bits per heavy atom. The SMILES string of the molecule is O=C(O)c1cnn(-c2nc(O)c3c(cnn3Cc3ccc(C4CC4)cc3)n2)c1. The molecule has 28 heavy (non-hydrogen) atoms. The maximum Gasteiger partial charge on any atom is 0.338 e. The zero-order chi connectivity index (χ0) is 19.3. The Labute approximate surface area is 158 Å². The number of fused-ring (bicyclic) bond motifs is 1. The summed E-state index contributed by atoms with van der Waals surface area (Å²) in [6.07, 6.45) is 6.55. The van der Waals surface area contributed by atoms with E-state index in [1.807, 2.05) is 0 Å². The van der Waals surface area contributed by atoms with Gasteiger partial charge in [0.25, 0.3) is 5.95 Å². The number of carbonyl (C=O) groups is 1. The number of aromatic nitrogens is 6. The van der Waals surface area contributed by atoms with Gasteiger partial charge in [-0.05, 0) is 29.9 Å². The molecule has 1 aliphatic rings. The smallest absolute Gasteiger partial charge is 0.338 e. The quantitative estimate of drug-likeness (QED) is 0.549. The highest BCUT2D eigenvalue weighted by molar-refractivity contribution is 5.87. The first kappa shape index (κ1) is 16.4. The van der Waals surface area contributed by atoms with Crippen LogP contribution in [0, 0.1) is 0 Å². The Hall–Kier alpha value is -3.75. The van der Waals surface area contributed by atoms with E-state index in [0.717, 1.165) is 5.56 Å². The molecule has 0 aliphatic heterocycles. The van der Waals surface area contributed by atoms with Gasteiger partial charge in [-0.3, -0.25) is 4.68 Å². The fourth-order valence-corrected chi connectivity index (χ4v) is 3.22. The van der Waals surface area contributed by atoms with Crippen LogP contribution in [0.4, 0.5) is 0 Å². The summed E-state index contributed by atoms with van der Waals surface area (Å²) in [5, 5.41) is 27.7. The molecule has 9 nitrogen and oxygen atoms in total. The van der Waals surface area contributed by atoms with Crippen LogP contribution in [-0.4, -0.2) is 45.7 Å². The monoisotopic (exact) mass is 376 g/mol. The summed E-state index contributed by atoms with van der Waals surface area (Å²) in [6.45, 7) is 0.482. The third-order valence-electron chi connectivity index (χ3n) is 4.85. The molecule has 1 aromatic carbocycles. The molecule has 0 spiro atoms. The number of hydrogen-bond acceptors (Lipinski definition) is 6. The molecular weight excluding hydrogens is 360 g/mol. The highest BCUT2D eigenvalue weighted by Gasteiger charge is 2.23. The predicted molar refractivity (Wildman–Crippen MR) is 98.6 cm³/mol. The van der Waals surface area contributed by atoms with Crippen molar-refractivity contribution in [1.29, 1.82) is 0 Å². The summed E-state index contributed by atoms with van der Waals surface area (Å²) in [5.41, 5.74) is 3.31. The highest BCUT2D eigenvalue weighted by Crippen LogP contribution is 2.39. The molecule has 140 valence electrons. The molecule has 0 unspecified atom stereocenters. The van der Waals surface area contributed by atoms with Gasteiger partial charge in [-0.1, -0.05) is 24.3 Å². The Morgan fingerprint density at radius 2 is 1.89 bits per heavy atom. The first-order valence-corrected chi connectivity index (χ1v) is 8.88. The van der Waals surface area contributed by atoms with E-state index in [1.165, 1.54) is 35.5 Å². The van der Waals surface area contributed by atoms with Gasteiger partial charge in [0.05, 0.1) is 24.5 Å². The van der Waals surface area contributed by atoms with Crippen LogP contribution in [-0.2, 0) is 6.54 Å². The zero-order valence-electron chi connectivity index (χ0n) is 14.7. The minimum atomic E-state index is -1.10. The Bertz CT molecular complexity index is 1190. The van der Waals surface area contributed by atoms with E-state index >= 15 is 0 Å². The second kappa shape index (κ2) is 6.15. The van der Waals surface area contributed by atoms with Crippen molar-refractivity contribution < 1.29 is 15.0 Å². The lowest BCUT2D eigenvalue weighted by Gasteiger charge is -2.07. The van der Waals surface area contributed by atoms with Crippen LogP contribution in [0.25, 0.3) is 17.0 Å². The van der Waals surface area contributed by atoms with Crippen molar-refractivity contribution >= 4 is 17.0 Å². The summed E-state index contributed by atoms with van der Waals surface area (Å²) in [6, 6.07) is 8.44. The molecule has 2 N–H and O–H groups in total. The molecule has 5 rings (SSSR count). The molecule has 4 aromatic rings. The van der Waals surface area contributed by atoms with Gasteiger partial charge in [0.2, 0.25) is 5.88 Å². The van der Waals surface area contributed by atoms with E-state index in [1.54, 1.807) is 10.9 Å². The van der Waals surface area contributed by atoms with E-state index in [2.05, 4.69) is 44.4 Å². The van der Waals surface area contributed by atoms with Crippen LogP contribution in [0.2, 0.25) is 0 Å². The molecule has 0 radical (unpaired) electrons. The number of aromatic hydroxyl groups is 1. The first-order valence-electron chi connectivity index (χ1n) is 8.88. The average molecular weight is 376 g/mol. The normalized spacial score (nSPS) is 13.9. The summed E-state index contributed by atoms with van der Waals surface area (Å²) in [4.78, 5) is 19.4. The summed E-state index contributed by atoms with van der Waals surface area (Å²) >= 11 is 0. The van der Waals surface area contributed by atoms with E-state index < -0.39 is 5.97 Å². The lowest BCUT2D eigenvalue weighted by Crippen LogP contribution is -2.05. The molecular formula is C19H16N6O3. The Morgan fingerprint density at radius 3 is 2.57 bits per heavy atom. The minimum absolute atomic E-state index is 0.00789.